The minimum atomic E-state index is -3.72. The van der Waals surface area contributed by atoms with E-state index in [0.717, 1.165) is 28.7 Å². The van der Waals surface area contributed by atoms with Gasteiger partial charge in [0.2, 0.25) is 10.0 Å². The van der Waals surface area contributed by atoms with Crippen LogP contribution < -0.4 is 4.72 Å². The molecule has 1 aliphatic rings. The summed E-state index contributed by atoms with van der Waals surface area (Å²) in [5, 5.41) is 0.190. The molecule has 0 amide bonds. The van der Waals surface area contributed by atoms with Gasteiger partial charge >= 0.3 is 0 Å². The fourth-order valence-electron chi connectivity index (χ4n) is 3.18. The molecule has 8 heteroatoms. The average molecular weight is 474 g/mol. The van der Waals surface area contributed by atoms with E-state index in [1.807, 2.05) is 25.1 Å². The zero-order valence-electron chi connectivity index (χ0n) is 15.0. The van der Waals surface area contributed by atoms with Gasteiger partial charge in [0.25, 0.3) is 0 Å². The maximum atomic E-state index is 12.8. The molecule has 1 heterocycles. The van der Waals surface area contributed by atoms with Crippen molar-refractivity contribution in [2.24, 2.45) is 0 Å². The van der Waals surface area contributed by atoms with Crippen LogP contribution in [0.25, 0.3) is 0 Å². The van der Waals surface area contributed by atoms with Gasteiger partial charge in [0.1, 0.15) is 4.90 Å². The minimum Gasteiger partial charge on any atom is -0.379 e. The summed E-state index contributed by atoms with van der Waals surface area (Å²) < 4.78 is 34.5. The van der Waals surface area contributed by atoms with Gasteiger partial charge in [-0.25, -0.2) is 13.1 Å². The molecule has 3 rings (SSSR count). The lowest BCUT2D eigenvalue weighted by Crippen LogP contribution is -2.43. The van der Waals surface area contributed by atoms with Gasteiger partial charge in [0, 0.05) is 30.1 Å². The van der Waals surface area contributed by atoms with Crippen LogP contribution in [-0.2, 0) is 14.8 Å². The van der Waals surface area contributed by atoms with Crippen molar-refractivity contribution in [1.82, 2.24) is 9.62 Å². The van der Waals surface area contributed by atoms with Gasteiger partial charge in [-0.05, 0) is 30.7 Å². The molecule has 0 radical (unpaired) electrons. The average Bonchev–Trinajstić information content (AvgIpc) is 2.62. The summed E-state index contributed by atoms with van der Waals surface area (Å²) in [5.74, 6) is 0. The summed E-state index contributed by atoms with van der Waals surface area (Å²) in [6.07, 6.45) is 0. The van der Waals surface area contributed by atoms with Gasteiger partial charge in [0.15, 0.2) is 0 Å². The van der Waals surface area contributed by atoms with Crippen molar-refractivity contribution in [1.29, 1.82) is 0 Å². The van der Waals surface area contributed by atoms with Crippen molar-refractivity contribution in [3.63, 3.8) is 0 Å². The standard InChI is InChI=1S/C19H22BrClN2O3S/c1-14-3-2-4-15(11-14)18(23-7-9-26-10-8-23)13-22-27(24,25)19-6-5-16(20)12-17(19)21/h2-6,11-12,18,22H,7-10,13H2,1H3. The van der Waals surface area contributed by atoms with E-state index in [4.69, 9.17) is 16.3 Å². The molecular formula is C19H22BrClN2O3S. The molecule has 0 aliphatic carbocycles. The van der Waals surface area contributed by atoms with Gasteiger partial charge in [-0.2, -0.15) is 0 Å². The van der Waals surface area contributed by atoms with Gasteiger partial charge in [0.05, 0.1) is 18.2 Å². The Hall–Kier alpha value is -0.960. The van der Waals surface area contributed by atoms with Crippen LogP contribution in [0.1, 0.15) is 17.2 Å². The van der Waals surface area contributed by atoms with Crippen LogP contribution >= 0.6 is 27.5 Å². The molecule has 2 aromatic rings. The van der Waals surface area contributed by atoms with Crippen LogP contribution in [0, 0.1) is 6.92 Å². The molecule has 1 atom stereocenters. The molecule has 0 aromatic heterocycles. The number of morpholine rings is 1. The first-order chi connectivity index (χ1) is 12.9. The molecule has 1 unspecified atom stereocenters. The van der Waals surface area contributed by atoms with Crippen LogP contribution in [0.5, 0.6) is 0 Å². The predicted octanol–water partition coefficient (Wildman–Crippen LogP) is 3.76. The molecule has 0 bridgehead atoms. The molecule has 1 saturated heterocycles. The van der Waals surface area contributed by atoms with Crippen molar-refractivity contribution in [2.75, 3.05) is 32.8 Å². The lowest BCUT2D eigenvalue weighted by molar-refractivity contribution is 0.0172. The number of nitrogens with one attached hydrogen (secondary N) is 1. The molecule has 1 aliphatic heterocycles. The van der Waals surface area contributed by atoms with Crippen LogP contribution in [0.4, 0.5) is 0 Å². The number of hydrogen-bond donors (Lipinski definition) is 1. The van der Waals surface area contributed by atoms with Gasteiger partial charge < -0.3 is 4.74 Å². The SMILES string of the molecule is Cc1cccc(C(CNS(=O)(=O)c2ccc(Br)cc2Cl)N2CCOCC2)c1. The maximum Gasteiger partial charge on any atom is 0.242 e. The highest BCUT2D eigenvalue weighted by Crippen LogP contribution is 2.27. The highest BCUT2D eigenvalue weighted by atomic mass is 79.9. The minimum absolute atomic E-state index is 0.0715. The van der Waals surface area contributed by atoms with E-state index in [2.05, 4.69) is 31.6 Å². The van der Waals surface area contributed by atoms with E-state index in [1.54, 1.807) is 12.1 Å². The highest BCUT2D eigenvalue weighted by molar-refractivity contribution is 9.10. The molecule has 5 nitrogen and oxygen atoms in total. The van der Waals surface area contributed by atoms with E-state index < -0.39 is 10.0 Å². The Morgan fingerprint density at radius 2 is 1.96 bits per heavy atom. The highest BCUT2D eigenvalue weighted by Gasteiger charge is 2.26. The number of ether oxygens (including phenoxy) is 1. The fourth-order valence-corrected chi connectivity index (χ4v) is 5.26. The van der Waals surface area contributed by atoms with Crippen molar-refractivity contribution >= 4 is 37.6 Å². The van der Waals surface area contributed by atoms with E-state index in [1.165, 1.54) is 6.07 Å². The number of rotatable bonds is 6. The van der Waals surface area contributed by atoms with Gasteiger partial charge in [-0.15, -0.1) is 0 Å². The predicted molar refractivity (Wildman–Crippen MR) is 111 cm³/mol. The number of sulfonamides is 1. The summed E-state index contributed by atoms with van der Waals surface area (Å²) in [6.45, 7) is 5.11. The summed E-state index contributed by atoms with van der Waals surface area (Å²) >= 11 is 9.44. The third kappa shape index (κ3) is 5.31. The molecule has 146 valence electrons. The Balaban J connectivity index is 1.83. The Morgan fingerprint density at radius 3 is 2.63 bits per heavy atom. The molecular weight excluding hydrogens is 452 g/mol. The first kappa shape index (κ1) is 20.8. The monoisotopic (exact) mass is 472 g/mol. The van der Waals surface area contributed by atoms with Crippen molar-refractivity contribution in [3.8, 4) is 0 Å². The van der Waals surface area contributed by atoms with Crippen molar-refractivity contribution in [3.05, 3.63) is 63.1 Å². The quantitative estimate of drug-likeness (QED) is 0.694. The molecule has 1 fully saturated rings. The van der Waals surface area contributed by atoms with Gasteiger partial charge in [-0.3, -0.25) is 4.90 Å². The summed E-state index contributed by atoms with van der Waals surface area (Å²) in [6, 6.07) is 12.8. The number of benzene rings is 2. The third-order valence-corrected chi connectivity index (χ3v) is 6.96. The lowest BCUT2D eigenvalue weighted by atomic mass is 10.0. The fraction of sp³-hybridized carbons (Fsp3) is 0.368. The van der Waals surface area contributed by atoms with E-state index >= 15 is 0 Å². The zero-order chi connectivity index (χ0) is 19.4. The first-order valence-electron chi connectivity index (χ1n) is 8.70. The Labute approximate surface area is 173 Å². The number of hydrogen-bond acceptors (Lipinski definition) is 4. The van der Waals surface area contributed by atoms with Crippen LogP contribution in [0.3, 0.4) is 0 Å². The Kier molecular flexibility index (Phi) is 6.94. The summed E-state index contributed by atoms with van der Waals surface area (Å²) in [7, 11) is -3.72. The van der Waals surface area contributed by atoms with Crippen LogP contribution in [0.15, 0.2) is 51.8 Å². The second-order valence-electron chi connectivity index (χ2n) is 6.50. The zero-order valence-corrected chi connectivity index (χ0v) is 18.1. The molecule has 1 N–H and O–H groups in total. The lowest BCUT2D eigenvalue weighted by Gasteiger charge is -2.35. The second-order valence-corrected chi connectivity index (χ2v) is 9.56. The Morgan fingerprint density at radius 1 is 1.22 bits per heavy atom. The number of nitrogens with zero attached hydrogens (tertiary/aromatic N) is 1. The van der Waals surface area contributed by atoms with Gasteiger partial charge in [-0.1, -0.05) is 57.4 Å². The summed E-state index contributed by atoms with van der Waals surface area (Å²) in [5.41, 5.74) is 2.23. The Bertz CT molecular complexity index is 902. The largest absolute Gasteiger partial charge is 0.379 e. The molecule has 2 aromatic carbocycles. The molecule has 0 spiro atoms. The van der Waals surface area contributed by atoms with Crippen LogP contribution in [0.2, 0.25) is 5.02 Å². The van der Waals surface area contributed by atoms with E-state index in [-0.39, 0.29) is 22.5 Å². The van der Waals surface area contributed by atoms with Crippen molar-refractivity contribution < 1.29 is 13.2 Å². The molecule has 27 heavy (non-hydrogen) atoms. The second kappa shape index (κ2) is 9.03. The van der Waals surface area contributed by atoms with Crippen molar-refractivity contribution in [2.45, 2.75) is 17.9 Å². The smallest absolute Gasteiger partial charge is 0.242 e. The number of halogens is 2. The third-order valence-electron chi connectivity index (χ3n) is 4.56. The van der Waals surface area contributed by atoms with E-state index in [9.17, 15) is 8.42 Å². The maximum absolute atomic E-state index is 12.8. The number of aryl methyl sites for hydroxylation is 1. The normalized spacial score (nSPS) is 17.0. The first-order valence-corrected chi connectivity index (χ1v) is 11.4. The van der Waals surface area contributed by atoms with Crippen LogP contribution in [-0.4, -0.2) is 46.2 Å². The topological polar surface area (TPSA) is 58.6 Å². The molecule has 0 saturated carbocycles. The summed E-state index contributed by atoms with van der Waals surface area (Å²) in [4.78, 5) is 2.33. The van der Waals surface area contributed by atoms with E-state index in [0.29, 0.717) is 13.2 Å².